The van der Waals surface area contributed by atoms with Gasteiger partial charge in [0.25, 0.3) is 0 Å². The first kappa shape index (κ1) is 18.2. The fourth-order valence-corrected chi connectivity index (χ4v) is 3.77. The monoisotopic (exact) mass is 358 g/mol. The lowest BCUT2D eigenvalue weighted by molar-refractivity contribution is 0.594. The summed E-state index contributed by atoms with van der Waals surface area (Å²) in [6.45, 7) is 0. The van der Waals surface area contributed by atoms with Gasteiger partial charge in [-0.1, -0.05) is 90.5 Å². The van der Waals surface area contributed by atoms with Crippen molar-refractivity contribution in [2.75, 3.05) is 0 Å². The first-order chi connectivity index (χ1) is 11.6. The zero-order chi connectivity index (χ0) is 17.3. The van der Waals surface area contributed by atoms with E-state index in [0.29, 0.717) is 0 Å². The van der Waals surface area contributed by atoms with Crippen molar-refractivity contribution in [1.82, 2.24) is 0 Å². The Labute approximate surface area is 148 Å². The molecule has 0 heterocycles. The van der Waals surface area contributed by atoms with E-state index in [-0.39, 0.29) is 11.5 Å². The Balaban J connectivity index is 0.000000249. The van der Waals surface area contributed by atoms with Crippen LogP contribution < -0.4 is 0 Å². The van der Waals surface area contributed by atoms with Gasteiger partial charge in [-0.2, -0.15) is 0 Å². The highest BCUT2D eigenvalue weighted by molar-refractivity contribution is 7.89. The van der Waals surface area contributed by atoms with Crippen LogP contribution in [0.25, 0.3) is 0 Å². The number of sulfone groups is 1. The highest BCUT2D eigenvalue weighted by atomic mass is 35.5. The van der Waals surface area contributed by atoms with Gasteiger partial charge < -0.3 is 0 Å². The Bertz CT molecular complexity index is 770. The van der Waals surface area contributed by atoms with Crippen LogP contribution in [0.3, 0.4) is 0 Å². The molecule has 2 nitrogen and oxygen atoms in total. The molecule has 0 saturated heterocycles. The van der Waals surface area contributed by atoms with Crippen LogP contribution in [0.4, 0.5) is 0 Å². The molecule has 3 rings (SSSR count). The topological polar surface area (TPSA) is 34.1 Å². The fraction of sp³-hybridized carbons (Fsp3) is 0.100. The van der Waals surface area contributed by atoms with Gasteiger partial charge in [0.05, 0.1) is 11.5 Å². The quantitative estimate of drug-likeness (QED) is 0.647. The Morgan fingerprint density at radius 2 is 0.917 bits per heavy atom. The smallest absolute Gasteiger partial charge is 0.158 e. The van der Waals surface area contributed by atoms with Gasteiger partial charge in [-0.25, -0.2) is 8.42 Å². The maximum absolute atomic E-state index is 12.0. The first-order valence-corrected chi connectivity index (χ1v) is 9.74. The predicted molar refractivity (Wildman–Crippen MR) is 101 cm³/mol. The largest absolute Gasteiger partial charge is 0.228 e. The van der Waals surface area contributed by atoms with Gasteiger partial charge >= 0.3 is 0 Å². The van der Waals surface area contributed by atoms with Crippen molar-refractivity contribution in [2.24, 2.45) is 0 Å². The van der Waals surface area contributed by atoms with Gasteiger partial charge in [0.1, 0.15) is 0 Å². The zero-order valence-electron chi connectivity index (χ0n) is 13.2. The van der Waals surface area contributed by atoms with E-state index in [1.807, 2.05) is 91.0 Å². The Kier molecular flexibility index (Phi) is 7.04. The molecule has 0 aliphatic rings. The molecule has 0 aliphatic carbocycles. The van der Waals surface area contributed by atoms with E-state index in [1.54, 1.807) is 0 Å². The molecule has 0 bridgehead atoms. The van der Waals surface area contributed by atoms with Gasteiger partial charge in [-0.15, -0.1) is 0 Å². The van der Waals surface area contributed by atoms with E-state index in [9.17, 15) is 8.42 Å². The van der Waals surface area contributed by atoms with E-state index >= 15 is 0 Å². The Morgan fingerprint density at radius 3 is 1.21 bits per heavy atom. The number of halogens is 1. The molecule has 0 aromatic heterocycles. The molecule has 0 fully saturated rings. The number of hydrogen-bond acceptors (Lipinski definition) is 2. The summed E-state index contributed by atoms with van der Waals surface area (Å²) in [5.74, 6) is 0.200. The van der Waals surface area contributed by atoms with E-state index in [4.69, 9.17) is 11.6 Å². The summed E-state index contributed by atoms with van der Waals surface area (Å²) in [5.41, 5.74) is 1.67. The molecule has 0 atom stereocenters. The molecular formula is C20H19ClO2S. The average Bonchev–Trinajstić information content (AvgIpc) is 2.57. The van der Waals surface area contributed by atoms with Gasteiger partial charge in [-0.05, 0) is 23.3 Å². The lowest BCUT2D eigenvalue weighted by Gasteiger charge is -2.04. The minimum absolute atomic E-state index is 0.0999. The standard InChI is InChI=1S/C14H14O2S.C6H5Cl/c15-17(16,11-13-7-3-1-4-8-13)12-14-9-5-2-6-10-14;7-6-4-2-1-3-5-6/h1-10H,11-12H2;1-5H. The van der Waals surface area contributed by atoms with Crippen LogP contribution in [-0.4, -0.2) is 8.42 Å². The molecule has 0 saturated carbocycles. The van der Waals surface area contributed by atoms with E-state index < -0.39 is 9.84 Å². The Hall–Kier alpha value is -2.10. The molecule has 0 amide bonds. The second-order valence-corrected chi connectivity index (χ2v) is 7.80. The summed E-state index contributed by atoms with van der Waals surface area (Å²) < 4.78 is 23.9. The molecule has 0 aliphatic heterocycles. The molecular weight excluding hydrogens is 340 g/mol. The maximum atomic E-state index is 12.0. The van der Waals surface area contributed by atoms with Crippen molar-refractivity contribution in [3.8, 4) is 0 Å². The lowest BCUT2D eigenvalue weighted by Crippen LogP contribution is -2.07. The van der Waals surface area contributed by atoms with Crippen LogP contribution >= 0.6 is 11.6 Å². The summed E-state index contributed by atoms with van der Waals surface area (Å²) in [4.78, 5) is 0. The minimum Gasteiger partial charge on any atom is -0.228 e. The number of hydrogen-bond donors (Lipinski definition) is 0. The summed E-state index contributed by atoms with van der Waals surface area (Å²) >= 11 is 5.54. The molecule has 124 valence electrons. The Morgan fingerprint density at radius 1 is 0.583 bits per heavy atom. The van der Waals surface area contributed by atoms with Crippen LogP contribution in [0.1, 0.15) is 11.1 Å². The van der Waals surface area contributed by atoms with Gasteiger partial charge in [0.2, 0.25) is 0 Å². The van der Waals surface area contributed by atoms with E-state index in [2.05, 4.69) is 0 Å². The molecule has 0 radical (unpaired) electrons. The van der Waals surface area contributed by atoms with E-state index in [0.717, 1.165) is 16.1 Å². The van der Waals surface area contributed by atoms with Crippen LogP contribution in [0.15, 0.2) is 91.0 Å². The highest BCUT2D eigenvalue weighted by Gasteiger charge is 2.12. The van der Waals surface area contributed by atoms with Crippen LogP contribution in [0.2, 0.25) is 5.02 Å². The predicted octanol–water partition coefficient (Wildman–Crippen LogP) is 5.14. The van der Waals surface area contributed by atoms with Gasteiger partial charge in [0.15, 0.2) is 9.84 Å². The third-order valence-corrected chi connectivity index (χ3v) is 4.99. The van der Waals surface area contributed by atoms with Crippen molar-refractivity contribution < 1.29 is 8.42 Å². The third-order valence-electron chi connectivity index (χ3n) is 3.19. The van der Waals surface area contributed by atoms with Gasteiger partial charge in [-0.3, -0.25) is 0 Å². The minimum atomic E-state index is -3.09. The zero-order valence-corrected chi connectivity index (χ0v) is 14.7. The summed E-state index contributed by atoms with van der Waals surface area (Å²) in [6.07, 6.45) is 0. The van der Waals surface area contributed by atoms with Crippen LogP contribution in [0, 0.1) is 0 Å². The summed E-state index contributed by atoms with van der Waals surface area (Å²) in [6, 6.07) is 28.0. The molecule has 0 spiro atoms. The molecule has 4 heteroatoms. The highest BCUT2D eigenvalue weighted by Crippen LogP contribution is 2.11. The first-order valence-electron chi connectivity index (χ1n) is 7.54. The van der Waals surface area contributed by atoms with Crippen LogP contribution in [0.5, 0.6) is 0 Å². The SMILES string of the molecule is Clc1ccccc1.O=S(=O)(Cc1ccccc1)Cc1ccccc1. The van der Waals surface area contributed by atoms with Crippen molar-refractivity contribution in [3.05, 3.63) is 107 Å². The van der Waals surface area contributed by atoms with Crippen molar-refractivity contribution in [1.29, 1.82) is 0 Å². The second kappa shape index (κ2) is 9.26. The van der Waals surface area contributed by atoms with E-state index in [1.165, 1.54) is 0 Å². The number of benzene rings is 3. The summed E-state index contributed by atoms with van der Waals surface area (Å²) in [5, 5.41) is 0.794. The average molecular weight is 359 g/mol. The molecule has 24 heavy (non-hydrogen) atoms. The van der Waals surface area contributed by atoms with Gasteiger partial charge in [0, 0.05) is 5.02 Å². The van der Waals surface area contributed by atoms with Crippen LogP contribution in [-0.2, 0) is 21.3 Å². The third kappa shape index (κ3) is 6.99. The molecule has 3 aromatic rings. The lowest BCUT2D eigenvalue weighted by atomic mass is 10.2. The normalized spacial score (nSPS) is 10.5. The second-order valence-electron chi connectivity index (χ2n) is 5.30. The molecule has 0 unspecified atom stereocenters. The fourth-order valence-electron chi connectivity index (χ4n) is 2.12. The summed E-state index contributed by atoms with van der Waals surface area (Å²) in [7, 11) is -3.09. The molecule has 3 aromatic carbocycles. The molecule has 0 N–H and O–H groups in total. The maximum Gasteiger partial charge on any atom is 0.158 e. The van der Waals surface area contributed by atoms with Crippen molar-refractivity contribution >= 4 is 21.4 Å². The number of rotatable bonds is 4. The van der Waals surface area contributed by atoms with Crippen molar-refractivity contribution in [3.63, 3.8) is 0 Å². The van der Waals surface area contributed by atoms with Crippen molar-refractivity contribution in [2.45, 2.75) is 11.5 Å².